The first-order valence-electron chi connectivity index (χ1n) is 6.72. The first-order chi connectivity index (χ1) is 8.18. The lowest BCUT2D eigenvalue weighted by molar-refractivity contribution is -0.348. The van der Waals surface area contributed by atoms with Crippen molar-refractivity contribution in [3.05, 3.63) is 0 Å². The standard InChI is InChI=1S/C13H22O4/c14-11-16-13(9-5-2-6-10-13)17-12(15)7-3-1-4-8-12/h11,15H,1-10H2. The Labute approximate surface area is 102 Å². The van der Waals surface area contributed by atoms with Crippen LogP contribution in [0.3, 0.4) is 0 Å². The Bertz CT molecular complexity index is 252. The molecule has 2 rings (SSSR count). The van der Waals surface area contributed by atoms with Gasteiger partial charge in [-0.25, -0.2) is 0 Å². The fourth-order valence-electron chi connectivity index (χ4n) is 2.97. The van der Waals surface area contributed by atoms with Crippen molar-refractivity contribution in [1.82, 2.24) is 0 Å². The molecule has 0 saturated heterocycles. The molecule has 2 fully saturated rings. The summed E-state index contributed by atoms with van der Waals surface area (Å²) in [6.45, 7) is 0.456. The third kappa shape index (κ3) is 3.19. The van der Waals surface area contributed by atoms with E-state index in [0.717, 1.165) is 38.5 Å². The van der Waals surface area contributed by atoms with Gasteiger partial charge in [0.25, 0.3) is 6.47 Å². The van der Waals surface area contributed by atoms with Gasteiger partial charge in [0.2, 0.25) is 5.79 Å². The van der Waals surface area contributed by atoms with E-state index in [-0.39, 0.29) is 0 Å². The van der Waals surface area contributed by atoms with Gasteiger partial charge < -0.3 is 14.6 Å². The van der Waals surface area contributed by atoms with Crippen molar-refractivity contribution in [3.63, 3.8) is 0 Å². The Balaban J connectivity index is 2.02. The van der Waals surface area contributed by atoms with Crippen LogP contribution in [0, 0.1) is 0 Å². The molecule has 0 aromatic carbocycles. The number of aliphatic hydroxyl groups is 1. The maximum Gasteiger partial charge on any atom is 0.295 e. The average molecular weight is 242 g/mol. The molecule has 0 unspecified atom stereocenters. The summed E-state index contributed by atoms with van der Waals surface area (Å²) < 4.78 is 11.0. The quantitative estimate of drug-likeness (QED) is 0.608. The van der Waals surface area contributed by atoms with Crippen molar-refractivity contribution in [2.45, 2.75) is 75.8 Å². The van der Waals surface area contributed by atoms with Crippen molar-refractivity contribution < 1.29 is 19.4 Å². The third-order valence-corrected chi connectivity index (χ3v) is 3.89. The number of rotatable bonds is 4. The predicted molar refractivity (Wildman–Crippen MR) is 62.1 cm³/mol. The minimum atomic E-state index is -1.08. The second-order valence-electron chi connectivity index (χ2n) is 5.29. The number of hydrogen-bond donors (Lipinski definition) is 1. The molecule has 4 nitrogen and oxygen atoms in total. The molecule has 0 aromatic rings. The maximum atomic E-state index is 10.6. The molecule has 1 N–H and O–H groups in total. The van der Waals surface area contributed by atoms with E-state index in [0.29, 0.717) is 32.2 Å². The summed E-state index contributed by atoms with van der Waals surface area (Å²) in [5, 5.41) is 10.4. The topological polar surface area (TPSA) is 55.8 Å². The summed E-state index contributed by atoms with van der Waals surface area (Å²) >= 11 is 0. The minimum absolute atomic E-state index is 0.456. The van der Waals surface area contributed by atoms with Crippen LogP contribution < -0.4 is 0 Å². The van der Waals surface area contributed by atoms with E-state index in [2.05, 4.69) is 0 Å². The van der Waals surface area contributed by atoms with Crippen LogP contribution in [-0.2, 0) is 14.3 Å². The van der Waals surface area contributed by atoms with Gasteiger partial charge in [-0.2, -0.15) is 0 Å². The SMILES string of the molecule is O=COC1(OC2(O)CCCCC2)CCCCC1. The zero-order valence-electron chi connectivity index (χ0n) is 10.3. The van der Waals surface area contributed by atoms with Gasteiger partial charge in [-0.1, -0.05) is 12.8 Å². The molecular weight excluding hydrogens is 220 g/mol. The van der Waals surface area contributed by atoms with E-state index in [4.69, 9.17) is 9.47 Å². The molecule has 0 bridgehead atoms. The Morgan fingerprint density at radius 3 is 1.94 bits per heavy atom. The van der Waals surface area contributed by atoms with Gasteiger partial charge in [0.15, 0.2) is 5.79 Å². The highest BCUT2D eigenvalue weighted by Gasteiger charge is 2.43. The van der Waals surface area contributed by atoms with E-state index in [1.54, 1.807) is 0 Å². The highest BCUT2D eigenvalue weighted by atomic mass is 16.8. The predicted octanol–water partition coefficient (Wildman–Crippen LogP) is 2.49. The second-order valence-corrected chi connectivity index (χ2v) is 5.29. The van der Waals surface area contributed by atoms with Crippen LogP contribution >= 0.6 is 0 Å². The Morgan fingerprint density at radius 1 is 0.882 bits per heavy atom. The third-order valence-electron chi connectivity index (χ3n) is 3.89. The molecule has 98 valence electrons. The summed E-state index contributed by atoms with van der Waals surface area (Å²) in [5.74, 6) is -1.95. The van der Waals surface area contributed by atoms with Gasteiger partial charge in [0.1, 0.15) is 0 Å². The van der Waals surface area contributed by atoms with Gasteiger partial charge in [0.05, 0.1) is 0 Å². The monoisotopic (exact) mass is 242 g/mol. The van der Waals surface area contributed by atoms with Gasteiger partial charge in [0, 0.05) is 25.7 Å². The molecule has 0 aliphatic heterocycles. The molecule has 2 saturated carbocycles. The zero-order chi connectivity index (χ0) is 12.2. The van der Waals surface area contributed by atoms with E-state index in [1.807, 2.05) is 0 Å². The largest absolute Gasteiger partial charge is 0.435 e. The van der Waals surface area contributed by atoms with Gasteiger partial charge in [-0.3, -0.25) is 4.79 Å². The van der Waals surface area contributed by atoms with Crippen LogP contribution in [-0.4, -0.2) is 23.2 Å². The Kier molecular flexibility index (Phi) is 4.05. The minimum Gasteiger partial charge on any atom is -0.435 e. The van der Waals surface area contributed by atoms with Crippen molar-refractivity contribution in [1.29, 1.82) is 0 Å². The van der Waals surface area contributed by atoms with E-state index in [9.17, 15) is 9.90 Å². The molecule has 0 amide bonds. The van der Waals surface area contributed by atoms with E-state index < -0.39 is 11.6 Å². The van der Waals surface area contributed by atoms with Crippen molar-refractivity contribution in [3.8, 4) is 0 Å². The number of carbonyl (C=O) groups excluding carboxylic acids is 1. The fourth-order valence-corrected chi connectivity index (χ4v) is 2.97. The van der Waals surface area contributed by atoms with Crippen LogP contribution in [0.1, 0.15) is 64.2 Å². The first-order valence-corrected chi connectivity index (χ1v) is 6.72. The highest BCUT2D eigenvalue weighted by Crippen LogP contribution is 2.39. The first kappa shape index (κ1) is 12.8. The molecule has 4 heteroatoms. The molecule has 0 heterocycles. The van der Waals surface area contributed by atoms with E-state index >= 15 is 0 Å². The Hall–Kier alpha value is -0.610. The highest BCUT2D eigenvalue weighted by molar-refractivity contribution is 5.38. The van der Waals surface area contributed by atoms with Gasteiger partial charge in [-0.15, -0.1) is 0 Å². The number of ether oxygens (including phenoxy) is 2. The molecule has 0 atom stereocenters. The number of hydrogen-bond acceptors (Lipinski definition) is 4. The summed E-state index contributed by atoms with van der Waals surface area (Å²) in [4.78, 5) is 10.6. The van der Waals surface area contributed by atoms with Crippen molar-refractivity contribution in [2.75, 3.05) is 0 Å². The van der Waals surface area contributed by atoms with Crippen LogP contribution in [0.25, 0.3) is 0 Å². The average Bonchev–Trinajstić information content (AvgIpc) is 2.30. The van der Waals surface area contributed by atoms with Crippen molar-refractivity contribution >= 4 is 6.47 Å². The Morgan fingerprint density at radius 2 is 1.41 bits per heavy atom. The molecule has 0 radical (unpaired) electrons. The summed E-state index contributed by atoms with van der Waals surface area (Å²) in [7, 11) is 0. The van der Waals surface area contributed by atoms with Gasteiger partial charge >= 0.3 is 0 Å². The molecule has 17 heavy (non-hydrogen) atoms. The van der Waals surface area contributed by atoms with Crippen LogP contribution in [0.15, 0.2) is 0 Å². The lowest BCUT2D eigenvalue weighted by Crippen LogP contribution is -2.48. The van der Waals surface area contributed by atoms with Crippen LogP contribution in [0.5, 0.6) is 0 Å². The van der Waals surface area contributed by atoms with E-state index in [1.165, 1.54) is 0 Å². The van der Waals surface area contributed by atoms with Crippen LogP contribution in [0.2, 0.25) is 0 Å². The summed E-state index contributed by atoms with van der Waals surface area (Å²) in [5.41, 5.74) is 0. The zero-order valence-corrected chi connectivity index (χ0v) is 10.3. The summed E-state index contributed by atoms with van der Waals surface area (Å²) in [6, 6.07) is 0. The van der Waals surface area contributed by atoms with Gasteiger partial charge in [-0.05, 0) is 25.7 Å². The fraction of sp³-hybridized carbons (Fsp3) is 0.923. The summed E-state index contributed by atoms with van der Waals surface area (Å²) in [6.07, 6.45) is 8.93. The van der Waals surface area contributed by atoms with Crippen LogP contribution in [0.4, 0.5) is 0 Å². The number of carbonyl (C=O) groups is 1. The molecule has 2 aliphatic carbocycles. The molecule has 2 aliphatic rings. The maximum absolute atomic E-state index is 10.6. The second kappa shape index (κ2) is 5.36. The normalized spacial score (nSPS) is 27.4. The molecule has 0 spiro atoms. The smallest absolute Gasteiger partial charge is 0.295 e. The molecule has 0 aromatic heterocycles. The van der Waals surface area contributed by atoms with Crippen molar-refractivity contribution in [2.24, 2.45) is 0 Å². The lowest BCUT2D eigenvalue weighted by atomic mass is 9.90. The molecular formula is C13H22O4. The lowest BCUT2D eigenvalue weighted by Gasteiger charge is -2.43.